The van der Waals surface area contributed by atoms with Gasteiger partial charge in [0.2, 0.25) is 0 Å². The molecule has 0 bridgehead atoms. The van der Waals surface area contributed by atoms with E-state index in [2.05, 4.69) is 26.6 Å². The van der Waals surface area contributed by atoms with Gasteiger partial charge in [-0.3, -0.25) is 4.79 Å². The predicted molar refractivity (Wildman–Crippen MR) is 97.6 cm³/mol. The monoisotopic (exact) mass is 361 g/mol. The lowest BCUT2D eigenvalue weighted by molar-refractivity contribution is 0.0937. The van der Waals surface area contributed by atoms with Gasteiger partial charge in [-0.2, -0.15) is 11.3 Å². The van der Waals surface area contributed by atoms with Crippen molar-refractivity contribution in [1.29, 1.82) is 0 Å². The second-order valence-electron chi connectivity index (χ2n) is 5.65. The van der Waals surface area contributed by atoms with Crippen molar-refractivity contribution in [3.63, 3.8) is 0 Å². The van der Waals surface area contributed by atoms with Crippen LogP contribution < -0.4 is 5.32 Å². The second kappa shape index (κ2) is 7.29. The Hall–Kier alpha value is -1.96. The highest BCUT2D eigenvalue weighted by molar-refractivity contribution is 7.15. The average molecular weight is 361 g/mol. The third kappa shape index (κ3) is 3.58. The van der Waals surface area contributed by atoms with Crippen molar-refractivity contribution in [3.05, 3.63) is 51.4 Å². The van der Waals surface area contributed by atoms with E-state index in [-0.39, 0.29) is 11.9 Å². The number of carbonyl (C=O) groups excluding carboxylic acids is 1. The maximum Gasteiger partial charge on any atom is 0.271 e. The molecule has 1 atom stereocenters. The minimum absolute atomic E-state index is 0.142. The van der Waals surface area contributed by atoms with Gasteiger partial charge in [0.05, 0.1) is 12.3 Å². The number of thiazole rings is 1. The van der Waals surface area contributed by atoms with Crippen LogP contribution in [0.25, 0.3) is 10.8 Å². The van der Waals surface area contributed by atoms with Crippen LogP contribution in [0.2, 0.25) is 0 Å². The van der Waals surface area contributed by atoms with Crippen LogP contribution in [-0.4, -0.2) is 36.4 Å². The smallest absolute Gasteiger partial charge is 0.271 e. The first-order valence-corrected chi connectivity index (χ1v) is 9.30. The molecule has 1 amide bonds. The number of hydrogen-bond acceptors (Lipinski definition) is 6. The fourth-order valence-corrected chi connectivity index (χ4v) is 4.03. The third-order valence-electron chi connectivity index (χ3n) is 3.75. The van der Waals surface area contributed by atoms with Gasteiger partial charge < -0.3 is 14.6 Å². The fourth-order valence-electron chi connectivity index (χ4n) is 2.45. The van der Waals surface area contributed by atoms with E-state index in [1.165, 1.54) is 16.9 Å². The van der Waals surface area contributed by atoms with E-state index in [0.29, 0.717) is 18.0 Å². The van der Waals surface area contributed by atoms with Crippen LogP contribution in [0.1, 0.15) is 27.0 Å². The Kier molecular flexibility index (Phi) is 5.13. The number of rotatable bonds is 6. The Morgan fingerprint density at radius 1 is 1.42 bits per heavy atom. The number of hydrogen-bond donors (Lipinski definition) is 1. The summed E-state index contributed by atoms with van der Waals surface area (Å²) in [5, 5.41) is 7.89. The number of nitrogens with zero attached hydrogens (tertiary/aromatic N) is 2. The van der Waals surface area contributed by atoms with Crippen molar-refractivity contribution in [1.82, 2.24) is 15.2 Å². The SMILES string of the molecule is Cc1sc(-c2ccco2)nc1C(=O)NCC(c1ccsc1)N(C)C. The molecule has 0 aromatic carbocycles. The molecule has 0 fully saturated rings. The maximum absolute atomic E-state index is 12.5. The molecular weight excluding hydrogens is 342 g/mol. The molecule has 3 rings (SSSR count). The van der Waals surface area contributed by atoms with Crippen molar-refractivity contribution in [3.8, 4) is 10.8 Å². The third-order valence-corrected chi connectivity index (χ3v) is 5.44. The lowest BCUT2D eigenvalue weighted by Crippen LogP contribution is -2.34. The summed E-state index contributed by atoms with van der Waals surface area (Å²) in [6.07, 6.45) is 1.61. The van der Waals surface area contributed by atoms with Gasteiger partial charge in [-0.1, -0.05) is 0 Å². The zero-order chi connectivity index (χ0) is 17.1. The van der Waals surface area contributed by atoms with Crippen LogP contribution in [0.3, 0.4) is 0 Å². The van der Waals surface area contributed by atoms with Gasteiger partial charge in [-0.15, -0.1) is 11.3 Å². The van der Waals surface area contributed by atoms with E-state index in [1.54, 1.807) is 17.6 Å². The van der Waals surface area contributed by atoms with Gasteiger partial charge >= 0.3 is 0 Å². The van der Waals surface area contributed by atoms with Crippen molar-refractivity contribution in [2.75, 3.05) is 20.6 Å². The van der Waals surface area contributed by atoms with Gasteiger partial charge in [0.25, 0.3) is 5.91 Å². The average Bonchev–Trinajstić information content (AvgIpc) is 3.28. The van der Waals surface area contributed by atoms with Crippen molar-refractivity contribution in [2.24, 2.45) is 0 Å². The molecule has 3 heterocycles. The Bertz CT molecular complexity index is 792. The number of thiophene rings is 1. The number of nitrogens with one attached hydrogen (secondary N) is 1. The quantitative estimate of drug-likeness (QED) is 0.725. The minimum atomic E-state index is -0.149. The summed E-state index contributed by atoms with van der Waals surface area (Å²) < 4.78 is 5.36. The number of amides is 1. The summed E-state index contributed by atoms with van der Waals surface area (Å²) >= 11 is 3.12. The largest absolute Gasteiger partial charge is 0.462 e. The molecule has 0 saturated carbocycles. The highest BCUT2D eigenvalue weighted by Crippen LogP contribution is 2.28. The van der Waals surface area contributed by atoms with Crippen LogP contribution in [0, 0.1) is 6.92 Å². The second-order valence-corrected chi connectivity index (χ2v) is 7.63. The molecule has 3 aromatic rings. The summed E-state index contributed by atoms with van der Waals surface area (Å²) in [7, 11) is 4.02. The Morgan fingerprint density at radius 3 is 2.88 bits per heavy atom. The molecular formula is C17H19N3O2S2. The van der Waals surface area contributed by atoms with Gasteiger partial charge in [-0.05, 0) is 55.5 Å². The Labute approximate surface area is 149 Å². The van der Waals surface area contributed by atoms with Crippen molar-refractivity contribution < 1.29 is 9.21 Å². The molecule has 0 aliphatic rings. The molecule has 24 heavy (non-hydrogen) atoms. The topological polar surface area (TPSA) is 58.4 Å². The minimum Gasteiger partial charge on any atom is -0.462 e. The number of aromatic nitrogens is 1. The molecule has 5 nitrogen and oxygen atoms in total. The molecule has 126 valence electrons. The number of likely N-dealkylation sites (N-methyl/N-ethyl adjacent to an activating group) is 1. The maximum atomic E-state index is 12.5. The number of carbonyl (C=O) groups is 1. The first-order chi connectivity index (χ1) is 11.6. The first-order valence-electron chi connectivity index (χ1n) is 7.54. The van der Waals surface area contributed by atoms with Gasteiger partial charge in [0, 0.05) is 11.4 Å². The highest BCUT2D eigenvalue weighted by Gasteiger charge is 2.20. The molecule has 0 aliphatic heterocycles. The predicted octanol–water partition coefficient (Wildman–Crippen LogP) is 3.81. The number of furan rings is 1. The molecule has 7 heteroatoms. The van der Waals surface area contributed by atoms with E-state index in [4.69, 9.17) is 4.42 Å². The summed E-state index contributed by atoms with van der Waals surface area (Å²) in [5.74, 6) is 0.537. The van der Waals surface area contributed by atoms with Crippen LogP contribution in [0.5, 0.6) is 0 Å². The first kappa shape index (κ1) is 16.9. The van der Waals surface area contributed by atoms with Crippen molar-refractivity contribution in [2.45, 2.75) is 13.0 Å². The number of aryl methyl sites for hydroxylation is 1. The van der Waals surface area contributed by atoms with E-state index >= 15 is 0 Å². The molecule has 0 spiro atoms. The molecule has 1 unspecified atom stereocenters. The summed E-state index contributed by atoms with van der Waals surface area (Å²) in [5.41, 5.74) is 1.67. The van der Waals surface area contributed by atoms with Crippen LogP contribution in [-0.2, 0) is 0 Å². The molecule has 0 radical (unpaired) electrons. The van der Waals surface area contributed by atoms with E-state index in [1.807, 2.05) is 38.5 Å². The van der Waals surface area contributed by atoms with Crippen LogP contribution >= 0.6 is 22.7 Å². The Morgan fingerprint density at radius 2 is 2.25 bits per heavy atom. The van der Waals surface area contributed by atoms with E-state index < -0.39 is 0 Å². The molecule has 1 N–H and O–H groups in total. The van der Waals surface area contributed by atoms with Gasteiger partial charge in [0.1, 0.15) is 5.69 Å². The fraction of sp³-hybridized carbons (Fsp3) is 0.294. The zero-order valence-electron chi connectivity index (χ0n) is 13.8. The summed E-state index contributed by atoms with van der Waals surface area (Å²) in [6.45, 7) is 2.44. The van der Waals surface area contributed by atoms with Crippen LogP contribution in [0.15, 0.2) is 39.6 Å². The highest BCUT2D eigenvalue weighted by atomic mass is 32.1. The lowest BCUT2D eigenvalue weighted by Gasteiger charge is -2.23. The lowest BCUT2D eigenvalue weighted by atomic mass is 10.1. The van der Waals surface area contributed by atoms with Crippen LogP contribution in [0.4, 0.5) is 0 Å². The molecule has 3 aromatic heterocycles. The molecule has 0 aliphatic carbocycles. The summed E-state index contributed by atoms with van der Waals surface area (Å²) in [4.78, 5) is 20.0. The summed E-state index contributed by atoms with van der Waals surface area (Å²) in [6, 6.07) is 5.89. The van der Waals surface area contributed by atoms with Gasteiger partial charge in [0.15, 0.2) is 10.8 Å². The Balaban J connectivity index is 1.71. The van der Waals surface area contributed by atoms with E-state index in [9.17, 15) is 4.79 Å². The van der Waals surface area contributed by atoms with E-state index in [0.717, 1.165) is 9.88 Å². The van der Waals surface area contributed by atoms with Gasteiger partial charge in [-0.25, -0.2) is 4.98 Å². The zero-order valence-corrected chi connectivity index (χ0v) is 15.4. The normalized spacial score (nSPS) is 12.5. The molecule has 0 saturated heterocycles. The standard InChI is InChI=1S/C17H19N3O2S2/c1-11-15(19-17(24-11)14-5-4-7-22-14)16(21)18-9-13(20(2)3)12-6-8-23-10-12/h4-8,10,13H,9H2,1-3H3,(H,18,21). The van der Waals surface area contributed by atoms with Crippen molar-refractivity contribution >= 4 is 28.6 Å².